The van der Waals surface area contributed by atoms with Crippen molar-refractivity contribution in [2.45, 2.75) is 38.7 Å². The van der Waals surface area contributed by atoms with Crippen LogP contribution >= 0.6 is 23.2 Å². The number of hydrogen-bond acceptors (Lipinski definition) is 3. The van der Waals surface area contributed by atoms with Crippen LogP contribution in [-0.2, 0) is 0 Å². The molecule has 0 N–H and O–H groups in total. The molecular weight excluding hydrogens is 359 g/mol. The minimum absolute atomic E-state index is 0.216. The molecule has 0 aliphatic heterocycles. The van der Waals surface area contributed by atoms with Gasteiger partial charge in [-0.1, -0.05) is 29.3 Å². The third-order valence-corrected chi connectivity index (χ3v) is 5.17. The van der Waals surface area contributed by atoms with E-state index >= 15 is 0 Å². The molecule has 3 nitrogen and oxygen atoms in total. The fourth-order valence-electron chi connectivity index (χ4n) is 3.19. The van der Waals surface area contributed by atoms with Gasteiger partial charge < -0.3 is 9.47 Å². The summed E-state index contributed by atoms with van der Waals surface area (Å²) >= 11 is 12.4. The first-order valence-corrected chi connectivity index (χ1v) is 9.11. The second-order valence-electron chi connectivity index (χ2n) is 6.27. The summed E-state index contributed by atoms with van der Waals surface area (Å²) in [6, 6.07) is 8.60. The van der Waals surface area contributed by atoms with E-state index in [0.29, 0.717) is 32.7 Å². The van der Waals surface area contributed by atoms with Crippen LogP contribution in [0.1, 0.15) is 47.2 Å². The van der Waals surface area contributed by atoms with Crippen molar-refractivity contribution < 1.29 is 14.3 Å². The van der Waals surface area contributed by atoms with E-state index in [1.165, 1.54) is 12.8 Å². The highest BCUT2D eigenvalue weighted by Gasteiger charge is 2.23. The summed E-state index contributed by atoms with van der Waals surface area (Å²) in [5.41, 5.74) is 1.61. The lowest BCUT2D eigenvalue weighted by molar-refractivity contribution is 0.103. The molecule has 0 unspecified atom stereocenters. The number of benzene rings is 2. The predicted molar refractivity (Wildman–Crippen MR) is 101 cm³/mol. The SMILES string of the molecule is COc1cc(C(=O)c2c(Cl)cccc2Cl)c(C)cc1OC1CCCC1. The van der Waals surface area contributed by atoms with Gasteiger partial charge in [-0.3, -0.25) is 4.79 Å². The van der Waals surface area contributed by atoms with Crippen LogP contribution < -0.4 is 9.47 Å². The molecule has 5 heteroatoms. The lowest BCUT2D eigenvalue weighted by atomic mass is 9.98. The summed E-state index contributed by atoms with van der Waals surface area (Å²) in [4.78, 5) is 13.0. The van der Waals surface area contributed by atoms with Crippen molar-refractivity contribution in [2.75, 3.05) is 7.11 Å². The molecule has 0 saturated heterocycles. The number of halogens is 2. The topological polar surface area (TPSA) is 35.5 Å². The Morgan fingerprint density at radius 1 is 1.08 bits per heavy atom. The van der Waals surface area contributed by atoms with E-state index in [1.54, 1.807) is 31.4 Å². The highest BCUT2D eigenvalue weighted by molar-refractivity contribution is 6.41. The zero-order valence-electron chi connectivity index (χ0n) is 14.3. The fraction of sp³-hybridized carbons (Fsp3) is 0.350. The lowest BCUT2D eigenvalue weighted by Crippen LogP contribution is -2.13. The van der Waals surface area contributed by atoms with Crippen LogP contribution in [0.15, 0.2) is 30.3 Å². The number of carbonyl (C=O) groups excluding carboxylic acids is 1. The summed E-state index contributed by atoms with van der Waals surface area (Å²) in [6.45, 7) is 1.87. The second kappa shape index (κ2) is 7.67. The highest BCUT2D eigenvalue weighted by atomic mass is 35.5. The fourth-order valence-corrected chi connectivity index (χ4v) is 3.76. The Balaban J connectivity index is 1.98. The zero-order valence-corrected chi connectivity index (χ0v) is 15.8. The van der Waals surface area contributed by atoms with Gasteiger partial charge >= 0.3 is 0 Å². The normalized spacial score (nSPS) is 14.6. The van der Waals surface area contributed by atoms with Crippen molar-refractivity contribution in [1.82, 2.24) is 0 Å². The summed E-state index contributed by atoms with van der Waals surface area (Å²) in [5.74, 6) is 0.997. The molecule has 0 heterocycles. The Bertz CT molecular complexity index is 776. The molecule has 0 amide bonds. The molecule has 1 saturated carbocycles. The molecule has 0 aromatic heterocycles. The third-order valence-electron chi connectivity index (χ3n) is 4.54. The van der Waals surface area contributed by atoms with E-state index in [1.807, 2.05) is 13.0 Å². The van der Waals surface area contributed by atoms with E-state index in [4.69, 9.17) is 32.7 Å². The lowest BCUT2D eigenvalue weighted by Gasteiger charge is -2.18. The quantitative estimate of drug-likeness (QED) is 0.610. The van der Waals surface area contributed by atoms with E-state index in [9.17, 15) is 4.79 Å². The van der Waals surface area contributed by atoms with Crippen LogP contribution in [0.25, 0.3) is 0 Å². The standard InChI is InChI=1S/C20H20Cl2O3/c1-12-10-18(25-13-6-3-4-7-13)17(24-2)11-14(12)20(23)19-15(21)8-5-9-16(19)22/h5,8-11,13H,3-4,6-7H2,1-2H3. The minimum atomic E-state index is -0.223. The first-order valence-electron chi connectivity index (χ1n) is 8.35. The van der Waals surface area contributed by atoms with Crippen molar-refractivity contribution in [3.63, 3.8) is 0 Å². The van der Waals surface area contributed by atoms with Crippen LogP contribution in [0, 0.1) is 6.92 Å². The summed E-state index contributed by atoms with van der Waals surface area (Å²) in [7, 11) is 1.57. The molecule has 1 fully saturated rings. The van der Waals surface area contributed by atoms with Gasteiger partial charge in [0, 0.05) is 5.56 Å². The number of aryl methyl sites for hydroxylation is 1. The monoisotopic (exact) mass is 378 g/mol. The van der Waals surface area contributed by atoms with Gasteiger partial charge in [-0.25, -0.2) is 0 Å². The average Bonchev–Trinajstić information content (AvgIpc) is 3.08. The summed E-state index contributed by atoms with van der Waals surface area (Å²) < 4.78 is 11.5. The maximum absolute atomic E-state index is 13.0. The molecule has 0 bridgehead atoms. The minimum Gasteiger partial charge on any atom is -0.493 e. The number of rotatable bonds is 5. The van der Waals surface area contributed by atoms with Crippen molar-refractivity contribution in [3.8, 4) is 11.5 Å². The molecular formula is C20H20Cl2O3. The van der Waals surface area contributed by atoms with Gasteiger partial charge in [0.25, 0.3) is 0 Å². The Labute approximate surface area is 157 Å². The third kappa shape index (κ3) is 3.78. The maximum atomic E-state index is 13.0. The number of methoxy groups -OCH3 is 1. The molecule has 1 aliphatic rings. The molecule has 1 aliphatic carbocycles. The van der Waals surface area contributed by atoms with Crippen LogP contribution in [0.5, 0.6) is 11.5 Å². The molecule has 2 aromatic rings. The van der Waals surface area contributed by atoms with Gasteiger partial charge in [0.15, 0.2) is 17.3 Å². The van der Waals surface area contributed by atoms with E-state index in [0.717, 1.165) is 18.4 Å². The number of ketones is 1. The van der Waals surface area contributed by atoms with Crippen molar-refractivity contribution >= 4 is 29.0 Å². The van der Waals surface area contributed by atoms with Crippen molar-refractivity contribution in [1.29, 1.82) is 0 Å². The first-order chi connectivity index (χ1) is 12.0. The van der Waals surface area contributed by atoms with Gasteiger partial charge in [0.1, 0.15) is 0 Å². The van der Waals surface area contributed by atoms with Gasteiger partial charge in [-0.15, -0.1) is 0 Å². The molecule has 2 aromatic carbocycles. The highest BCUT2D eigenvalue weighted by Crippen LogP contribution is 2.36. The molecule has 0 radical (unpaired) electrons. The van der Waals surface area contributed by atoms with Gasteiger partial charge in [-0.2, -0.15) is 0 Å². The predicted octanol–water partition coefficient (Wildman–Crippen LogP) is 5.86. The van der Waals surface area contributed by atoms with Gasteiger partial charge in [0.05, 0.1) is 28.8 Å². The maximum Gasteiger partial charge on any atom is 0.196 e. The van der Waals surface area contributed by atoms with E-state index < -0.39 is 0 Å². The van der Waals surface area contributed by atoms with Crippen LogP contribution in [0.3, 0.4) is 0 Å². The second-order valence-corrected chi connectivity index (χ2v) is 7.08. The largest absolute Gasteiger partial charge is 0.493 e. The first kappa shape index (κ1) is 18.1. The Morgan fingerprint density at radius 2 is 1.72 bits per heavy atom. The molecule has 132 valence electrons. The molecule has 3 rings (SSSR count). The number of hydrogen-bond donors (Lipinski definition) is 0. The summed E-state index contributed by atoms with van der Waals surface area (Å²) in [5, 5.41) is 0.671. The molecule has 0 atom stereocenters. The van der Waals surface area contributed by atoms with Gasteiger partial charge in [0.2, 0.25) is 0 Å². The zero-order chi connectivity index (χ0) is 18.0. The summed E-state index contributed by atoms with van der Waals surface area (Å²) in [6.07, 6.45) is 4.70. The van der Waals surface area contributed by atoms with Crippen LogP contribution in [0.2, 0.25) is 10.0 Å². The number of carbonyl (C=O) groups is 1. The Hall–Kier alpha value is -1.71. The van der Waals surface area contributed by atoms with E-state index in [-0.39, 0.29) is 11.9 Å². The van der Waals surface area contributed by atoms with Gasteiger partial charge in [-0.05, 0) is 62.4 Å². The van der Waals surface area contributed by atoms with Crippen molar-refractivity contribution in [2.24, 2.45) is 0 Å². The average molecular weight is 379 g/mol. The Morgan fingerprint density at radius 3 is 2.32 bits per heavy atom. The molecule has 0 spiro atoms. The van der Waals surface area contributed by atoms with E-state index in [2.05, 4.69) is 0 Å². The smallest absolute Gasteiger partial charge is 0.196 e. The number of ether oxygens (including phenoxy) is 2. The molecule has 25 heavy (non-hydrogen) atoms. The van der Waals surface area contributed by atoms with Crippen LogP contribution in [-0.4, -0.2) is 19.0 Å². The van der Waals surface area contributed by atoms with Crippen molar-refractivity contribution in [3.05, 3.63) is 57.1 Å². The van der Waals surface area contributed by atoms with Crippen LogP contribution in [0.4, 0.5) is 0 Å². The Kier molecular flexibility index (Phi) is 5.55.